The molecule has 0 N–H and O–H groups in total. The number of aryl methyl sites for hydroxylation is 2. The number of rotatable bonds is 4. The van der Waals surface area contributed by atoms with Gasteiger partial charge in [-0.05, 0) is 30.7 Å². The lowest BCUT2D eigenvalue weighted by atomic mass is 10.2. The Hall–Kier alpha value is -2.47. The van der Waals surface area contributed by atoms with Gasteiger partial charge in [-0.25, -0.2) is 4.39 Å². The molecule has 2 aromatic rings. The predicted molar refractivity (Wildman–Crippen MR) is 95.2 cm³/mol. The number of halogens is 1. The molecule has 0 saturated carbocycles. The maximum Gasteiger partial charge on any atom is 0.246 e. The van der Waals surface area contributed by atoms with Crippen LogP contribution < -0.4 is 0 Å². The summed E-state index contributed by atoms with van der Waals surface area (Å²) >= 11 is 0. The molecule has 0 bridgehead atoms. The first-order valence-corrected chi connectivity index (χ1v) is 8.45. The molecule has 1 aliphatic rings. The van der Waals surface area contributed by atoms with Gasteiger partial charge < -0.3 is 4.90 Å². The van der Waals surface area contributed by atoms with Gasteiger partial charge >= 0.3 is 0 Å². The van der Waals surface area contributed by atoms with Crippen molar-refractivity contribution in [2.24, 2.45) is 7.05 Å². The first-order valence-electron chi connectivity index (χ1n) is 8.45. The van der Waals surface area contributed by atoms with Crippen LogP contribution in [0.4, 0.5) is 4.39 Å². The Balaban J connectivity index is 1.50. The van der Waals surface area contributed by atoms with Gasteiger partial charge in [0.05, 0.1) is 5.69 Å². The molecule has 2 heterocycles. The van der Waals surface area contributed by atoms with Crippen molar-refractivity contribution < 1.29 is 9.18 Å². The lowest BCUT2D eigenvalue weighted by Crippen LogP contribution is -2.47. The van der Waals surface area contributed by atoms with E-state index in [9.17, 15) is 9.18 Å². The van der Waals surface area contributed by atoms with Crippen molar-refractivity contribution in [3.05, 3.63) is 59.2 Å². The summed E-state index contributed by atoms with van der Waals surface area (Å²) in [6.07, 6.45) is 5.35. The molecule has 3 rings (SSSR count). The first-order chi connectivity index (χ1) is 12.0. The normalized spacial score (nSPS) is 15.9. The second kappa shape index (κ2) is 7.61. The molecule has 1 aliphatic heterocycles. The number of aromatic nitrogens is 2. The highest BCUT2D eigenvalue weighted by Gasteiger charge is 2.20. The van der Waals surface area contributed by atoms with Crippen molar-refractivity contribution in [3.8, 4) is 0 Å². The molecule has 25 heavy (non-hydrogen) atoms. The Labute approximate surface area is 147 Å². The molecule has 1 saturated heterocycles. The van der Waals surface area contributed by atoms with Gasteiger partial charge in [-0.1, -0.05) is 12.1 Å². The average molecular weight is 342 g/mol. The van der Waals surface area contributed by atoms with Crippen molar-refractivity contribution in [2.45, 2.75) is 13.5 Å². The minimum atomic E-state index is -0.275. The molecule has 0 aliphatic carbocycles. The van der Waals surface area contributed by atoms with Crippen LogP contribution in [-0.2, 0) is 18.4 Å². The molecule has 0 unspecified atom stereocenters. The molecule has 132 valence electrons. The molecule has 1 amide bonds. The van der Waals surface area contributed by atoms with Crippen LogP contribution in [0.15, 0.2) is 36.5 Å². The Morgan fingerprint density at radius 2 is 1.88 bits per heavy atom. The smallest absolute Gasteiger partial charge is 0.246 e. The molecule has 1 aromatic heterocycles. The number of piperazine rings is 1. The fourth-order valence-electron chi connectivity index (χ4n) is 3.02. The lowest BCUT2D eigenvalue weighted by molar-refractivity contribution is -0.127. The van der Waals surface area contributed by atoms with Gasteiger partial charge in [0.1, 0.15) is 5.82 Å². The predicted octanol–water partition coefficient (Wildman–Crippen LogP) is 2.23. The van der Waals surface area contributed by atoms with E-state index >= 15 is 0 Å². The third-order valence-corrected chi connectivity index (χ3v) is 4.48. The Bertz CT molecular complexity index is 758. The number of nitrogens with zero attached hydrogens (tertiary/aromatic N) is 4. The summed E-state index contributed by atoms with van der Waals surface area (Å²) in [5.41, 5.74) is 3.11. The van der Waals surface area contributed by atoms with Crippen LogP contribution in [0.2, 0.25) is 0 Å². The summed E-state index contributed by atoms with van der Waals surface area (Å²) in [6.45, 7) is 6.02. The molecule has 1 fully saturated rings. The molecule has 0 atom stereocenters. The highest BCUT2D eigenvalue weighted by atomic mass is 19.1. The van der Waals surface area contributed by atoms with Crippen LogP contribution in [0.5, 0.6) is 0 Å². The largest absolute Gasteiger partial charge is 0.337 e. The number of benzene rings is 1. The van der Waals surface area contributed by atoms with Gasteiger partial charge in [0, 0.05) is 57.6 Å². The van der Waals surface area contributed by atoms with E-state index in [1.54, 1.807) is 24.3 Å². The maximum atomic E-state index is 12.9. The van der Waals surface area contributed by atoms with E-state index in [2.05, 4.69) is 16.2 Å². The lowest BCUT2D eigenvalue weighted by Gasteiger charge is -2.34. The van der Waals surface area contributed by atoms with Gasteiger partial charge in [0.25, 0.3) is 0 Å². The highest BCUT2D eigenvalue weighted by molar-refractivity contribution is 5.91. The number of hydrogen-bond donors (Lipinski definition) is 0. The molecular formula is C19H23FN4O. The molecule has 6 heteroatoms. The molecule has 5 nitrogen and oxygen atoms in total. The summed E-state index contributed by atoms with van der Waals surface area (Å²) < 4.78 is 14.7. The zero-order chi connectivity index (χ0) is 17.8. The van der Waals surface area contributed by atoms with Gasteiger partial charge in [-0.15, -0.1) is 0 Å². The Morgan fingerprint density at radius 1 is 1.20 bits per heavy atom. The van der Waals surface area contributed by atoms with Crippen molar-refractivity contribution in [1.82, 2.24) is 19.6 Å². The maximum absolute atomic E-state index is 12.9. The summed E-state index contributed by atoms with van der Waals surface area (Å²) in [6, 6.07) is 6.10. The summed E-state index contributed by atoms with van der Waals surface area (Å²) in [5, 5.41) is 4.37. The quantitative estimate of drug-likeness (QED) is 0.800. The third-order valence-electron chi connectivity index (χ3n) is 4.48. The van der Waals surface area contributed by atoms with Crippen LogP contribution in [0, 0.1) is 12.7 Å². The van der Waals surface area contributed by atoms with E-state index < -0.39 is 0 Å². The molecular weight excluding hydrogens is 319 g/mol. The molecule has 0 radical (unpaired) electrons. The third kappa shape index (κ3) is 4.54. The van der Waals surface area contributed by atoms with Crippen molar-refractivity contribution in [2.75, 3.05) is 26.2 Å². The molecule has 0 spiro atoms. The van der Waals surface area contributed by atoms with Crippen molar-refractivity contribution >= 4 is 12.0 Å². The number of amides is 1. The second-order valence-corrected chi connectivity index (χ2v) is 6.40. The van der Waals surface area contributed by atoms with Crippen LogP contribution >= 0.6 is 0 Å². The van der Waals surface area contributed by atoms with Crippen LogP contribution in [-0.4, -0.2) is 51.7 Å². The SMILES string of the molecule is Cc1nn(C)cc1CN1CCN(C(=O)/C=C/c2ccc(F)cc2)CC1. The van der Waals surface area contributed by atoms with Gasteiger partial charge in [-0.2, -0.15) is 5.10 Å². The van der Waals surface area contributed by atoms with E-state index in [0.717, 1.165) is 30.9 Å². The minimum Gasteiger partial charge on any atom is -0.337 e. The average Bonchev–Trinajstić information content (AvgIpc) is 2.92. The van der Waals surface area contributed by atoms with Crippen LogP contribution in [0.3, 0.4) is 0 Å². The standard InChI is InChI=1S/C19H23FN4O/c1-15-17(13-22(2)21-15)14-23-9-11-24(12-10-23)19(25)8-5-16-3-6-18(20)7-4-16/h3-8,13H,9-12,14H2,1-2H3/b8-5+. The van der Waals surface area contributed by atoms with Crippen LogP contribution in [0.1, 0.15) is 16.8 Å². The van der Waals surface area contributed by atoms with Crippen molar-refractivity contribution in [1.29, 1.82) is 0 Å². The minimum absolute atomic E-state index is 0.00142. The van der Waals surface area contributed by atoms with Gasteiger partial charge in [0.2, 0.25) is 5.91 Å². The summed E-state index contributed by atoms with van der Waals surface area (Å²) in [7, 11) is 1.93. The summed E-state index contributed by atoms with van der Waals surface area (Å²) in [5.74, 6) is -0.273. The zero-order valence-electron chi connectivity index (χ0n) is 14.7. The van der Waals surface area contributed by atoms with E-state index in [1.165, 1.54) is 17.7 Å². The van der Waals surface area contributed by atoms with Gasteiger partial charge in [-0.3, -0.25) is 14.4 Å². The number of hydrogen-bond acceptors (Lipinski definition) is 3. The van der Waals surface area contributed by atoms with E-state index in [1.807, 2.05) is 23.6 Å². The topological polar surface area (TPSA) is 41.4 Å². The van der Waals surface area contributed by atoms with Crippen LogP contribution in [0.25, 0.3) is 6.08 Å². The second-order valence-electron chi connectivity index (χ2n) is 6.40. The Kier molecular flexibility index (Phi) is 5.28. The Morgan fingerprint density at radius 3 is 2.48 bits per heavy atom. The zero-order valence-corrected chi connectivity index (χ0v) is 14.7. The van der Waals surface area contributed by atoms with E-state index in [-0.39, 0.29) is 11.7 Å². The highest BCUT2D eigenvalue weighted by Crippen LogP contribution is 2.12. The fraction of sp³-hybridized carbons (Fsp3) is 0.368. The number of carbonyl (C=O) groups excluding carboxylic acids is 1. The van der Waals surface area contributed by atoms with E-state index in [4.69, 9.17) is 0 Å². The molecule has 1 aromatic carbocycles. The summed E-state index contributed by atoms with van der Waals surface area (Å²) in [4.78, 5) is 16.5. The number of carbonyl (C=O) groups is 1. The van der Waals surface area contributed by atoms with Crippen molar-refractivity contribution in [3.63, 3.8) is 0 Å². The monoisotopic (exact) mass is 342 g/mol. The van der Waals surface area contributed by atoms with Gasteiger partial charge in [0.15, 0.2) is 0 Å². The fourth-order valence-corrected chi connectivity index (χ4v) is 3.02. The van der Waals surface area contributed by atoms with E-state index in [0.29, 0.717) is 13.1 Å². The first kappa shape index (κ1) is 17.4.